The Labute approximate surface area is 98.0 Å². The molecule has 1 rings (SSSR count). The van der Waals surface area contributed by atoms with Gasteiger partial charge in [-0.3, -0.25) is 0 Å². The van der Waals surface area contributed by atoms with Crippen molar-refractivity contribution >= 4 is 0 Å². The summed E-state index contributed by atoms with van der Waals surface area (Å²) in [4.78, 5) is 0. The number of rotatable bonds is 4. The number of hydrogen-bond donors (Lipinski definition) is 1. The second-order valence-electron chi connectivity index (χ2n) is 3.99. The normalized spacial score (nSPS) is 13.5. The molecule has 0 amide bonds. The molecule has 1 aromatic carbocycles. The molecule has 0 aliphatic carbocycles. The molecule has 0 fully saturated rings. The zero-order valence-corrected chi connectivity index (χ0v) is 9.71. The summed E-state index contributed by atoms with van der Waals surface area (Å²) in [6.45, 7) is 1.83. The van der Waals surface area contributed by atoms with Gasteiger partial charge < -0.3 is 9.84 Å². The third-order valence-electron chi connectivity index (χ3n) is 2.36. The number of aliphatic hydroxyl groups is 1. The van der Waals surface area contributed by atoms with Crippen LogP contribution < -0.4 is 4.74 Å². The topological polar surface area (TPSA) is 29.5 Å². The van der Waals surface area contributed by atoms with E-state index in [-0.39, 0.29) is 6.42 Å². The molecular weight excluding hydrogens is 233 g/mol. The molecule has 17 heavy (non-hydrogen) atoms. The summed E-state index contributed by atoms with van der Waals surface area (Å²) >= 11 is 0. The molecule has 5 heteroatoms. The zero-order chi connectivity index (χ0) is 13.1. The van der Waals surface area contributed by atoms with Crippen LogP contribution in [0.25, 0.3) is 0 Å². The van der Waals surface area contributed by atoms with E-state index in [0.717, 1.165) is 5.56 Å². The van der Waals surface area contributed by atoms with Crippen molar-refractivity contribution in [2.75, 3.05) is 7.11 Å². The quantitative estimate of drug-likeness (QED) is 0.887. The lowest BCUT2D eigenvalue weighted by molar-refractivity contribution is -0.153. The van der Waals surface area contributed by atoms with Crippen LogP contribution in [-0.4, -0.2) is 24.5 Å². The first-order chi connectivity index (χ1) is 7.81. The molecule has 1 aromatic rings. The zero-order valence-electron chi connectivity index (χ0n) is 9.71. The Balaban J connectivity index is 2.76. The van der Waals surface area contributed by atoms with Gasteiger partial charge in [0, 0.05) is 6.42 Å². The first-order valence-electron chi connectivity index (χ1n) is 5.20. The fraction of sp³-hybridized carbons (Fsp3) is 0.500. The van der Waals surface area contributed by atoms with Crippen LogP contribution in [0, 0.1) is 6.92 Å². The van der Waals surface area contributed by atoms with Crippen LogP contribution in [0.15, 0.2) is 18.2 Å². The van der Waals surface area contributed by atoms with Crippen molar-refractivity contribution in [3.05, 3.63) is 29.3 Å². The highest BCUT2D eigenvalue weighted by molar-refractivity contribution is 5.37. The van der Waals surface area contributed by atoms with E-state index in [1.165, 1.54) is 7.11 Å². The minimum Gasteiger partial charge on any atom is -0.496 e. The van der Waals surface area contributed by atoms with Gasteiger partial charge in [-0.15, -0.1) is 0 Å². The minimum atomic E-state index is -4.35. The van der Waals surface area contributed by atoms with Crippen LogP contribution in [0.5, 0.6) is 5.75 Å². The van der Waals surface area contributed by atoms with Crippen LogP contribution in [0.1, 0.15) is 17.5 Å². The van der Waals surface area contributed by atoms with Gasteiger partial charge in [0.1, 0.15) is 5.75 Å². The summed E-state index contributed by atoms with van der Waals surface area (Å²) in [5.74, 6) is 0.497. The van der Waals surface area contributed by atoms with Crippen LogP contribution in [0.3, 0.4) is 0 Å². The van der Waals surface area contributed by atoms with Gasteiger partial charge in [0.2, 0.25) is 0 Å². The van der Waals surface area contributed by atoms with Crippen LogP contribution in [0.4, 0.5) is 13.2 Å². The number of benzene rings is 1. The molecule has 0 spiro atoms. The van der Waals surface area contributed by atoms with Crippen LogP contribution >= 0.6 is 0 Å². The summed E-state index contributed by atoms with van der Waals surface area (Å²) in [5.41, 5.74) is 1.50. The average Bonchev–Trinajstić information content (AvgIpc) is 2.14. The Morgan fingerprint density at radius 1 is 1.35 bits per heavy atom. The highest BCUT2D eigenvalue weighted by atomic mass is 19.4. The number of aryl methyl sites for hydroxylation is 1. The predicted molar refractivity (Wildman–Crippen MR) is 58.1 cm³/mol. The first-order valence-corrected chi connectivity index (χ1v) is 5.20. The third-order valence-corrected chi connectivity index (χ3v) is 2.36. The summed E-state index contributed by atoms with van der Waals surface area (Å²) in [6.07, 6.45) is -7.06. The van der Waals surface area contributed by atoms with E-state index in [0.29, 0.717) is 11.3 Å². The van der Waals surface area contributed by atoms with Crippen molar-refractivity contribution in [1.82, 2.24) is 0 Å². The molecular formula is C12H15F3O2. The van der Waals surface area contributed by atoms with Crippen molar-refractivity contribution < 1.29 is 23.0 Å². The first kappa shape index (κ1) is 13.8. The predicted octanol–water partition coefficient (Wildman–Crippen LogP) is 2.86. The van der Waals surface area contributed by atoms with Crippen LogP contribution in [-0.2, 0) is 6.42 Å². The summed E-state index contributed by atoms with van der Waals surface area (Å²) in [7, 11) is 1.45. The summed E-state index contributed by atoms with van der Waals surface area (Å²) < 4.78 is 41.3. The summed E-state index contributed by atoms with van der Waals surface area (Å²) in [6, 6.07) is 5.21. The molecule has 1 atom stereocenters. The molecule has 2 nitrogen and oxygen atoms in total. The number of hydrogen-bond acceptors (Lipinski definition) is 2. The van der Waals surface area contributed by atoms with Crippen LogP contribution in [0.2, 0.25) is 0 Å². The number of alkyl halides is 3. The molecule has 0 saturated carbocycles. The Morgan fingerprint density at radius 3 is 2.53 bits per heavy atom. The number of methoxy groups -OCH3 is 1. The Bertz CT molecular complexity index is 375. The number of aliphatic hydroxyl groups excluding tert-OH is 1. The molecule has 0 radical (unpaired) electrons. The Kier molecular flexibility index (Phi) is 4.40. The number of halogens is 3. The lowest BCUT2D eigenvalue weighted by atomic mass is 10.0. The molecule has 0 bridgehead atoms. The second kappa shape index (κ2) is 5.40. The van der Waals surface area contributed by atoms with E-state index in [9.17, 15) is 18.3 Å². The van der Waals surface area contributed by atoms with E-state index >= 15 is 0 Å². The van der Waals surface area contributed by atoms with Gasteiger partial charge in [-0.25, -0.2) is 0 Å². The molecule has 1 unspecified atom stereocenters. The molecule has 0 saturated heterocycles. The van der Waals surface area contributed by atoms with Crippen molar-refractivity contribution in [2.45, 2.75) is 32.0 Å². The van der Waals surface area contributed by atoms with Gasteiger partial charge >= 0.3 is 6.18 Å². The largest absolute Gasteiger partial charge is 0.496 e. The molecule has 0 aromatic heterocycles. The van der Waals surface area contributed by atoms with Gasteiger partial charge in [-0.1, -0.05) is 17.7 Å². The lowest BCUT2D eigenvalue weighted by Crippen LogP contribution is -2.21. The molecule has 0 aliphatic heterocycles. The molecule has 1 N–H and O–H groups in total. The van der Waals surface area contributed by atoms with Crippen molar-refractivity contribution in [3.8, 4) is 5.75 Å². The molecule has 0 heterocycles. The maximum atomic E-state index is 12.1. The van der Waals surface area contributed by atoms with Crippen molar-refractivity contribution in [3.63, 3.8) is 0 Å². The molecule has 0 aliphatic rings. The van der Waals surface area contributed by atoms with E-state index in [1.54, 1.807) is 18.2 Å². The Hall–Kier alpha value is -1.23. The molecule has 96 valence electrons. The van der Waals surface area contributed by atoms with Crippen molar-refractivity contribution in [2.24, 2.45) is 0 Å². The number of ether oxygens (including phenoxy) is 1. The average molecular weight is 248 g/mol. The fourth-order valence-electron chi connectivity index (χ4n) is 1.66. The highest BCUT2D eigenvalue weighted by Crippen LogP contribution is 2.26. The lowest BCUT2D eigenvalue weighted by Gasteiger charge is -2.15. The minimum absolute atomic E-state index is 0.0651. The van der Waals surface area contributed by atoms with Gasteiger partial charge in [0.05, 0.1) is 19.6 Å². The van der Waals surface area contributed by atoms with E-state index in [4.69, 9.17) is 4.74 Å². The van der Waals surface area contributed by atoms with Gasteiger partial charge in [-0.05, 0) is 18.6 Å². The Morgan fingerprint density at radius 2 is 2.00 bits per heavy atom. The second-order valence-corrected chi connectivity index (χ2v) is 3.99. The monoisotopic (exact) mass is 248 g/mol. The standard InChI is InChI=1S/C12H15F3O2/c1-8-3-4-11(17-2)9(5-8)6-10(16)7-12(13,14)15/h3-5,10,16H,6-7H2,1-2H3. The smallest absolute Gasteiger partial charge is 0.391 e. The van der Waals surface area contributed by atoms with E-state index in [1.807, 2.05) is 6.92 Å². The van der Waals surface area contributed by atoms with E-state index < -0.39 is 18.7 Å². The van der Waals surface area contributed by atoms with Gasteiger partial charge in [-0.2, -0.15) is 13.2 Å². The summed E-state index contributed by atoms with van der Waals surface area (Å²) in [5, 5.41) is 9.37. The van der Waals surface area contributed by atoms with Crippen molar-refractivity contribution in [1.29, 1.82) is 0 Å². The SMILES string of the molecule is COc1ccc(C)cc1CC(O)CC(F)(F)F. The van der Waals surface area contributed by atoms with Gasteiger partial charge in [0.15, 0.2) is 0 Å². The maximum Gasteiger partial charge on any atom is 0.391 e. The third kappa shape index (κ3) is 4.65. The fourth-order valence-corrected chi connectivity index (χ4v) is 1.66. The highest BCUT2D eigenvalue weighted by Gasteiger charge is 2.31. The van der Waals surface area contributed by atoms with Gasteiger partial charge in [0.25, 0.3) is 0 Å². The van der Waals surface area contributed by atoms with E-state index in [2.05, 4.69) is 0 Å². The maximum absolute atomic E-state index is 12.1.